The van der Waals surface area contributed by atoms with E-state index in [1.54, 1.807) is 6.92 Å². The summed E-state index contributed by atoms with van der Waals surface area (Å²) in [5.41, 5.74) is 0.0302. The van der Waals surface area contributed by atoms with Crippen molar-refractivity contribution in [3.63, 3.8) is 0 Å². The average molecular weight is 256 g/mol. The molecule has 0 aromatic heterocycles. The number of rotatable bonds is 4. The predicted molar refractivity (Wildman–Crippen MR) is 71.1 cm³/mol. The van der Waals surface area contributed by atoms with E-state index in [0.717, 1.165) is 24.6 Å². The summed E-state index contributed by atoms with van der Waals surface area (Å²) in [4.78, 5) is 25.0. The maximum atomic E-state index is 11.6. The molecule has 0 aliphatic carbocycles. The fourth-order valence-corrected chi connectivity index (χ4v) is 2.79. The molecule has 0 bridgehead atoms. The van der Waals surface area contributed by atoms with Crippen LogP contribution in [0.2, 0.25) is 0 Å². The quantitative estimate of drug-likeness (QED) is 0.716. The Bertz CT molecular complexity index is 459. The Morgan fingerprint density at radius 2 is 2.00 bits per heavy atom. The van der Waals surface area contributed by atoms with Gasteiger partial charge in [0.1, 0.15) is 11.4 Å². The van der Waals surface area contributed by atoms with Gasteiger partial charge in [-0.1, -0.05) is 0 Å². The van der Waals surface area contributed by atoms with E-state index in [4.69, 9.17) is 0 Å². The Labute approximate surface area is 104 Å². The molecule has 0 radical (unpaired) electrons. The van der Waals surface area contributed by atoms with Gasteiger partial charge < -0.3 is 15.3 Å². The first-order valence-electron chi connectivity index (χ1n) is 5.69. The molecule has 1 aliphatic rings. The minimum absolute atomic E-state index is 0.292. The van der Waals surface area contributed by atoms with Crippen molar-refractivity contribution in [2.75, 3.05) is 41.4 Å². The van der Waals surface area contributed by atoms with Gasteiger partial charge in [-0.15, -0.1) is 0 Å². The number of hydrogen-bond donors (Lipinski definition) is 2. The van der Waals surface area contributed by atoms with Gasteiger partial charge in [-0.25, -0.2) is 0 Å². The van der Waals surface area contributed by atoms with E-state index in [-0.39, 0.29) is 0 Å². The number of aliphatic hydroxyl groups is 1. The number of nitrogens with zero attached hydrogens (tertiary/aromatic N) is 1. The van der Waals surface area contributed by atoms with E-state index < -0.39 is 17.0 Å². The fraction of sp³-hybridized carbons (Fsp3) is 0.636. The molecule has 1 fully saturated rings. The zero-order chi connectivity index (χ0) is 12.4. The molecule has 0 saturated carbocycles. The lowest BCUT2D eigenvalue weighted by atomic mass is 10.1. The molecule has 0 unspecified atom stereocenters. The molecule has 1 aliphatic heterocycles. The number of aliphatic hydroxyl groups excluding tert-OH is 1. The molecule has 1 aromatic carbocycles. The molecule has 2 N–H and O–H groups in total. The van der Waals surface area contributed by atoms with Crippen molar-refractivity contribution in [1.29, 1.82) is 0 Å². The normalized spacial score (nSPS) is 18.4. The molecule has 2 rings (SSSR count). The zero-order valence-electron chi connectivity index (χ0n) is 9.73. The van der Waals surface area contributed by atoms with E-state index in [2.05, 4.69) is 5.32 Å². The minimum atomic E-state index is -0.538. The molecule has 17 heavy (non-hydrogen) atoms. The summed E-state index contributed by atoms with van der Waals surface area (Å²) in [6.45, 7) is 3.54. The lowest BCUT2D eigenvalue weighted by molar-refractivity contribution is 0.208. The third-order valence-corrected chi connectivity index (χ3v) is 3.73. The Morgan fingerprint density at radius 1 is 1.35 bits per heavy atom. The van der Waals surface area contributed by atoms with E-state index in [9.17, 15) is 14.7 Å². The molecular formula is C11H16N2O3S. The first-order chi connectivity index (χ1) is 8.11. The third-order valence-electron chi connectivity index (χ3n) is 2.79. The van der Waals surface area contributed by atoms with Crippen LogP contribution in [0.25, 0.3) is 0 Å². The van der Waals surface area contributed by atoms with Crippen molar-refractivity contribution in [3.8, 4) is 0 Å². The lowest BCUT2D eigenvalue weighted by Crippen LogP contribution is -2.46. The van der Waals surface area contributed by atoms with Crippen LogP contribution in [0, 0.1) is 0 Å². The molecule has 5 nitrogen and oxygen atoms in total. The van der Waals surface area contributed by atoms with E-state index >= 15 is 0 Å². The van der Waals surface area contributed by atoms with Crippen molar-refractivity contribution in [2.45, 2.75) is 13.0 Å². The minimum Gasteiger partial charge on any atom is -0.392 e. The van der Waals surface area contributed by atoms with Crippen molar-refractivity contribution < 1.29 is 5.11 Å². The summed E-state index contributed by atoms with van der Waals surface area (Å²) in [5, 5.41) is 12.0. The van der Waals surface area contributed by atoms with Gasteiger partial charge in [0.2, 0.25) is 0 Å². The van der Waals surface area contributed by atoms with Crippen molar-refractivity contribution in [3.05, 3.63) is 20.4 Å². The van der Waals surface area contributed by atoms with Crippen LogP contribution in [-0.4, -0.2) is 42.4 Å². The molecule has 6 heteroatoms. The van der Waals surface area contributed by atoms with E-state index in [1.165, 1.54) is 0 Å². The molecule has 94 valence electrons. The maximum absolute atomic E-state index is 11.6. The van der Waals surface area contributed by atoms with Crippen LogP contribution >= 0.6 is 11.8 Å². The van der Waals surface area contributed by atoms with Gasteiger partial charge in [-0.2, -0.15) is 11.8 Å². The first-order valence-corrected chi connectivity index (χ1v) is 6.84. The summed E-state index contributed by atoms with van der Waals surface area (Å²) < 4.78 is 0. The van der Waals surface area contributed by atoms with Gasteiger partial charge in [0, 0.05) is 31.1 Å². The topological polar surface area (TPSA) is 69.6 Å². The monoisotopic (exact) mass is 256 g/mol. The average Bonchev–Trinajstić information content (AvgIpc) is 2.34. The van der Waals surface area contributed by atoms with Gasteiger partial charge in [-0.3, -0.25) is 9.59 Å². The van der Waals surface area contributed by atoms with Crippen molar-refractivity contribution in [1.82, 2.24) is 0 Å². The number of thioether (sulfide) groups is 1. The van der Waals surface area contributed by atoms with Crippen LogP contribution in [0.15, 0.2) is 9.59 Å². The SMILES string of the molecule is C[C@@H](O)CNc1c(N2CCSCC2)c(=O)c1=O. The predicted octanol–water partition coefficient (Wildman–Crippen LogP) is -0.372. The summed E-state index contributed by atoms with van der Waals surface area (Å²) in [6.07, 6.45) is -0.538. The Balaban J connectivity index is 2.13. The summed E-state index contributed by atoms with van der Waals surface area (Å²) in [5.74, 6) is 1.96. The molecule has 1 atom stereocenters. The highest BCUT2D eigenvalue weighted by Gasteiger charge is 2.26. The molecular weight excluding hydrogens is 240 g/mol. The summed E-state index contributed by atoms with van der Waals surface area (Å²) in [7, 11) is 0. The number of hydrogen-bond acceptors (Lipinski definition) is 6. The summed E-state index contributed by atoms with van der Waals surface area (Å²) in [6, 6.07) is 0. The molecule has 0 spiro atoms. The smallest absolute Gasteiger partial charge is 0.253 e. The summed E-state index contributed by atoms with van der Waals surface area (Å²) >= 11 is 1.85. The van der Waals surface area contributed by atoms with Crippen LogP contribution in [0.4, 0.5) is 11.4 Å². The van der Waals surface area contributed by atoms with E-state index in [0.29, 0.717) is 17.9 Å². The standard InChI is InChI=1S/C11H16N2O3S/c1-7(14)6-12-8-9(11(16)10(8)15)13-2-4-17-5-3-13/h7,12,14H,2-6H2,1H3/t7-/m1/s1. The molecule has 1 heterocycles. The first kappa shape index (κ1) is 12.4. The van der Waals surface area contributed by atoms with Crippen LogP contribution < -0.4 is 21.1 Å². The third kappa shape index (κ3) is 2.47. The van der Waals surface area contributed by atoms with E-state index in [1.807, 2.05) is 16.7 Å². The number of anilines is 2. The Hall–Kier alpha value is -1.01. The zero-order valence-corrected chi connectivity index (χ0v) is 10.5. The van der Waals surface area contributed by atoms with Gasteiger partial charge in [0.15, 0.2) is 0 Å². The maximum Gasteiger partial charge on any atom is 0.253 e. The van der Waals surface area contributed by atoms with Crippen LogP contribution in [0.5, 0.6) is 0 Å². The Kier molecular flexibility index (Phi) is 3.73. The van der Waals surface area contributed by atoms with Gasteiger partial charge in [-0.05, 0) is 6.92 Å². The molecule has 1 saturated heterocycles. The van der Waals surface area contributed by atoms with Gasteiger partial charge in [0.05, 0.1) is 6.10 Å². The largest absolute Gasteiger partial charge is 0.392 e. The van der Waals surface area contributed by atoms with Crippen LogP contribution in [0.3, 0.4) is 0 Å². The highest BCUT2D eigenvalue weighted by molar-refractivity contribution is 7.99. The van der Waals surface area contributed by atoms with Gasteiger partial charge >= 0.3 is 0 Å². The van der Waals surface area contributed by atoms with Crippen LogP contribution in [0.1, 0.15) is 6.92 Å². The Morgan fingerprint density at radius 3 is 2.59 bits per heavy atom. The second-order valence-corrected chi connectivity index (χ2v) is 5.44. The second-order valence-electron chi connectivity index (χ2n) is 4.21. The fourth-order valence-electron chi connectivity index (χ4n) is 1.88. The number of nitrogens with one attached hydrogen (secondary N) is 1. The molecule has 1 aromatic rings. The second kappa shape index (κ2) is 5.10. The van der Waals surface area contributed by atoms with Crippen molar-refractivity contribution >= 4 is 23.1 Å². The highest BCUT2D eigenvalue weighted by Crippen LogP contribution is 2.23. The van der Waals surface area contributed by atoms with Crippen LogP contribution in [-0.2, 0) is 0 Å². The van der Waals surface area contributed by atoms with Crippen molar-refractivity contribution in [2.24, 2.45) is 0 Å². The molecule has 0 amide bonds. The van der Waals surface area contributed by atoms with Gasteiger partial charge in [0.25, 0.3) is 10.9 Å². The highest BCUT2D eigenvalue weighted by atomic mass is 32.2. The lowest BCUT2D eigenvalue weighted by Gasteiger charge is -2.30.